The van der Waals surface area contributed by atoms with E-state index in [0.717, 1.165) is 30.2 Å². The Morgan fingerprint density at radius 1 is 1.00 bits per heavy atom. The topological polar surface area (TPSA) is 21.7 Å². The van der Waals surface area contributed by atoms with Crippen LogP contribution in [0.15, 0.2) is 60.7 Å². The molecular formula is C25H31NO2. The van der Waals surface area contributed by atoms with Crippen LogP contribution in [-0.4, -0.2) is 25.6 Å². The van der Waals surface area contributed by atoms with E-state index in [0.29, 0.717) is 6.61 Å². The lowest BCUT2D eigenvalue weighted by Gasteiger charge is -2.15. The van der Waals surface area contributed by atoms with E-state index in [1.54, 1.807) is 7.11 Å². The number of ether oxygens (including phenoxy) is 2. The average Bonchev–Trinajstić information content (AvgIpc) is 2.65. The second-order valence-corrected chi connectivity index (χ2v) is 7.91. The lowest BCUT2D eigenvalue weighted by atomic mass is 9.98. The Morgan fingerprint density at radius 2 is 1.68 bits per heavy atom. The van der Waals surface area contributed by atoms with Crippen molar-refractivity contribution in [3.8, 4) is 23.3 Å². The molecule has 0 saturated heterocycles. The summed E-state index contributed by atoms with van der Waals surface area (Å²) < 4.78 is 11.2. The van der Waals surface area contributed by atoms with Crippen molar-refractivity contribution in [2.24, 2.45) is 5.41 Å². The number of methoxy groups -OCH3 is 1. The standard InChI is InChI=1S/C25H31NO2/c1-25(2,3)15-7-6-8-16-26(4)19-21-11-9-14-24(17-21)28-20-22-12-10-13-23(18-22)27-5/h6,8-14,17-18H,16,19-20H2,1-5H3. The van der Waals surface area contributed by atoms with Gasteiger partial charge in [-0.2, -0.15) is 0 Å². The molecule has 0 bridgehead atoms. The predicted octanol–water partition coefficient (Wildman–Crippen LogP) is 5.31. The van der Waals surface area contributed by atoms with E-state index in [-0.39, 0.29) is 5.41 Å². The number of rotatable bonds is 8. The second kappa shape index (κ2) is 10.6. The van der Waals surface area contributed by atoms with Crippen LogP contribution in [-0.2, 0) is 13.2 Å². The Hall–Kier alpha value is -2.70. The first-order chi connectivity index (χ1) is 13.4. The van der Waals surface area contributed by atoms with E-state index in [9.17, 15) is 0 Å². The van der Waals surface area contributed by atoms with E-state index >= 15 is 0 Å². The Bertz CT molecular complexity index is 837. The monoisotopic (exact) mass is 377 g/mol. The minimum Gasteiger partial charge on any atom is -0.497 e. The quantitative estimate of drug-likeness (QED) is 0.582. The van der Waals surface area contributed by atoms with Gasteiger partial charge in [0.05, 0.1) is 7.11 Å². The molecule has 0 aliphatic heterocycles. The number of nitrogens with zero attached hydrogens (tertiary/aromatic N) is 1. The van der Waals surface area contributed by atoms with Crippen LogP contribution in [0.5, 0.6) is 11.5 Å². The van der Waals surface area contributed by atoms with Crippen molar-refractivity contribution in [1.29, 1.82) is 0 Å². The summed E-state index contributed by atoms with van der Waals surface area (Å²) in [5.74, 6) is 8.04. The molecule has 0 aliphatic carbocycles. The van der Waals surface area contributed by atoms with Gasteiger partial charge < -0.3 is 9.47 Å². The van der Waals surface area contributed by atoms with Gasteiger partial charge in [-0.15, -0.1) is 0 Å². The zero-order valence-corrected chi connectivity index (χ0v) is 17.7. The molecule has 0 aromatic heterocycles. The minimum atomic E-state index is 0.0432. The first kappa shape index (κ1) is 21.6. The van der Waals surface area contributed by atoms with Gasteiger partial charge in [-0.05, 0) is 69.3 Å². The zero-order chi connectivity index (χ0) is 20.4. The maximum Gasteiger partial charge on any atom is 0.120 e. The fourth-order valence-electron chi connectivity index (χ4n) is 2.59. The average molecular weight is 378 g/mol. The number of hydrogen-bond acceptors (Lipinski definition) is 3. The van der Waals surface area contributed by atoms with Crippen LogP contribution in [0.1, 0.15) is 31.9 Å². The smallest absolute Gasteiger partial charge is 0.120 e. The number of hydrogen-bond donors (Lipinski definition) is 0. The van der Waals surface area contributed by atoms with Gasteiger partial charge >= 0.3 is 0 Å². The largest absolute Gasteiger partial charge is 0.497 e. The van der Waals surface area contributed by atoms with Crippen LogP contribution in [0.3, 0.4) is 0 Å². The van der Waals surface area contributed by atoms with Crippen LogP contribution in [0, 0.1) is 17.3 Å². The summed E-state index contributed by atoms with van der Waals surface area (Å²) in [5, 5.41) is 0. The molecule has 0 amide bonds. The van der Waals surface area contributed by atoms with Crippen molar-refractivity contribution < 1.29 is 9.47 Å². The molecule has 28 heavy (non-hydrogen) atoms. The summed E-state index contributed by atoms with van der Waals surface area (Å²) in [6.07, 6.45) is 4.04. The molecular weight excluding hydrogens is 346 g/mol. The molecule has 148 valence electrons. The van der Waals surface area contributed by atoms with Crippen LogP contribution < -0.4 is 9.47 Å². The highest BCUT2D eigenvalue weighted by atomic mass is 16.5. The highest BCUT2D eigenvalue weighted by Crippen LogP contribution is 2.18. The molecule has 0 N–H and O–H groups in total. The predicted molar refractivity (Wildman–Crippen MR) is 116 cm³/mol. The van der Waals surface area contributed by atoms with Gasteiger partial charge in [0.15, 0.2) is 0 Å². The third-order valence-corrected chi connectivity index (χ3v) is 3.96. The molecule has 2 aromatic carbocycles. The molecule has 0 unspecified atom stereocenters. The summed E-state index contributed by atoms with van der Waals surface area (Å²) in [7, 11) is 3.78. The summed E-state index contributed by atoms with van der Waals surface area (Å²) in [5.41, 5.74) is 2.35. The fraction of sp³-hybridized carbons (Fsp3) is 0.360. The van der Waals surface area contributed by atoms with Crippen molar-refractivity contribution in [3.05, 3.63) is 71.8 Å². The molecule has 0 saturated carbocycles. The molecule has 0 radical (unpaired) electrons. The first-order valence-electron chi connectivity index (χ1n) is 9.56. The number of benzene rings is 2. The van der Waals surface area contributed by atoms with E-state index < -0.39 is 0 Å². The van der Waals surface area contributed by atoms with Crippen molar-refractivity contribution in [3.63, 3.8) is 0 Å². The van der Waals surface area contributed by atoms with Gasteiger partial charge in [0, 0.05) is 18.5 Å². The number of likely N-dealkylation sites (N-methyl/N-ethyl adjacent to an activating group) is 1. The van der Waals surface area contributed by atoms with Crippen LogP contribution in [0.2, 0.25) is 0 Å². The van der Waals surface area contributed by atoms with Gasteiger partial charge in [0.2, 0.25) is 0 Å². The van der Waals surface area contributed by atoms with Gasteiger partial charge in [-0.1, -0.05) is 42.2 Å². The maximum absolute atomic E-state index is 5.95. The number of allylic oxidation sites excluding steroid dienone is 1. The summed E-state index contributed by atoms with van der Waals surface area (Å²) in [6, 6.07) is 16.2. The molecule has 0 heterocycles. The van der Waals surface area contributed by atoms with Gasteiger partial charge in [-0.3, -0.25) is 4.90 Å². The third-order valence-electron chi connectivity index (χ3n) is 3.96. The Labute approximate surface area is 170 Å². The Morgan fingerprint density at radius 3 is 2.39 bits per heavy atom. The fourth-order valence-corrected chi connectivity index (χ4v) is 2.59. The zero-order valence-electron chi connectivity index (χ0n) is 17.7. The first-order valence-corrected chi connectivity index (χ1v) is 9.56. The van der Waals surface area contributed by atoms with Crippen molar-refractivity contribution >= 4 is 0 Å². The lowest BCUT2D eigenvalue weighted by Crippen LogP contribution is -2.17. The van der Waals surface area contributed by atoms with E-state index in [4.69, 9.17) is 9.47 Å². The Balaban J connectivity index is 1.86. The summed E-state index contributed by atoms with van der Waals surface area (Å²) >= 11 is 0. The van der Waals surface area contributed by atoms with Crippen molar-refractivity contribution in [2.45, 2.75) is 33.9 Å². The summed E-state index contributed by atoms with van der Waals surface area (Å²) in [4.78, 5) is 2.25. The molecule has 0 aliphatic rings. The molecule has 3 heteroatoms. The maximum atomic E-state index is 5.95. The van der Waals surface area contributed by atoms with Gasteiger partial charge in [-0.25, -0.2) is 0 Å². The van der Waals surface area contributed by atoms with E-state index in [2.05, 4.69) is 62.8 Å². The summed E-state index contributed by atoms with van der Waals surface area (Å²) in [6.45, 7) is 8.57. The second-order valence-electron chi connectivity index (χ2n) is 7.91. The van der Waals surface area contributed by atoms with Crippen LogP contribution >= 0.6 is 0 Å². The lowest BCUT2D eigenvalue weighted by molar-refractivity contribution is 0.303. The third kappa shape index (κ3) is 8.33. The molecule has 3 nitrogen and oxygen atoms in total. The normalized spacial score (nSPS) is 11.4. The minimum absolute atomic E-state index is 0.0432. The van der Waals surface area contributed by atoms with Crippen LogP contribution in [0.4, 0.5) is 0 Å². The molecule has 2 rings (SSSR count). The van der Waals surface area contributed by atoms with Crippen molar-refractivity contribution in [1.82, 2.24) is 4.90 Å². The molecule has 0 atom stereocenters. The molecule has 0 spiro atoms. The van der Waals surface area contributed by atoms with E-state index in [1.165, 1.54) is 5.56 Å². The van der Waals surface area contributed by atoms with Crippen molar-refractivity contribution in [2.75, 3.05) is 20.7 Å². The highest BCUT2D eigenvalue weighted by molar-refractivity contribution is 5.31. The molecule has 2 aromatic rings. The van der Waals surface area contributed by atoms with Gasteiger partial charge in [0.1, 0.15) is 18.1 Å². The molecule has 0 fully saturated rings. The van der Waals surface area contributed by atoms with Crippen LogP contribution in [0.25, 0.3) is 0 Å². The SMILES string of the molecule is COc1cccc(COc2cccc(CN(C)CC=CC#CC(C)(C)C)c2)c1. The van der Waals surface area contributed by atoms with Gasteiger partial charge in [0.25, 0.3) is 0 Å². The highest BCUT2D eigenvalue weighted by Gasteiger charge is 2.03. The Kier molecular flexibility index (Phi) is 8.17. The van der Waals surface area contributed by atoms with E-state index in [1.807, 2.05) is 42.5 Å².